The van der Waals surface area contributed by atoms with Crippen LogP contribution in [0.4, 0.5) is 0 Å². The third kappa shape index (κ3) is 37.8. The first-order chi connectivity index (χ1) is 23.6. The summed E-state index contributed by atoms with van der Waals surface area (Å²) in [7, 11) is 1.65. The third-order valence-electron chi connectivity index (χ3n) is 8.15. The van der Waals surface area contributed by atoms with E-state index in [1.165, 1.54) is 77.0 Å². The van der Waals surface area contributed by atoms with Crippen LogP contribution in [-0.2, 0) is 27.9 Å². The number of nitrogens with zero attached hydrogens (tertiary/aromatic N) is 1. The summed E-state index contributed by atoms with van der Waals surface area (Å²) in [6.07, 6.45) is 37.4. The number of phosphoric acid groups is 1. The lowest BCUT2D eigenvalue weighted by atomic mass is 10.1. The van der Waals surface area contributed by atoms with Gasteiger partial charge in [-0.05, 0) is 64.2 Å². The van der Waals surface area contributed by atoms with Crippen LogP contribution in [0.2, 0.25) is 0 Å². The SMILES string of the molecule is CCC/C=C\CCCCCCCCOCC(COP(=O)(O)OCC[N+](C)(C)C)OC(=O)CCCCCCC/C=C\C/C=C\CCCCCC. The standard InChI is InChI=1S/C40H76NO7P/c1-6-8-10-12-14-16-18-19-20-21-22-23-25-27-29-31-33-40(42)48-39(38-47-49(43,44)46-36-34-41(3,4)5)37-45-35-32-30-28-26-24-17-15-13-11-9-7-2/h11,13,16,18,20-21,39H,6-10,12,14-15,17,19,22-38H2,1-5H3/p+1/b13-11-,18-16-,21-20-. The maximum absolute atomic E-state index is 12.6. The molecule has 1 N–H and O–H groups in total. The highest BCUT2D eigenvalue weighted by molar-refractivity contribution is 7.47. The summed E-state index contributed by atoms with van der Waals surface area (Å²) in [5.74, 6) is -0.332. The van der Waals surface area contributed by atoms with Gasteiger partial charge in [-0.25, -0.2) is 4.57 Å². The van der Waals surface area contributed by atoms with Crippen LogP contribution in [0.15, 0.2) is 36.5 Å². The highest BCUT2D eigenvalue weighted by atomic mass is 31.2. The zero-order valence-corrected chi connectivity index (χ0v) is 33.3. The zero-order valence-electron chi connectivity index (χ0n) is 32.4. The van der Waals surface area contributed by atoms with Crippen molar-refractivity contribution in [3.8, 4) is 0 Å². The Morgan fingerprint density at radius 3 is 1.76 bits per heavy atom. The van der Waals surface area contributed by atoms with Crippen LogP contribution in [0, 0.1) is 0 Å². The van der Waals surface area contributed by atoms with E-state index < -0.39 is 13.9 Å². The van der Waals surface area contributed by atoms with Gasteiger partial charge in [-0.15, -0.1) is 0 Å². The molecule has 2 atom stereocenters. The first-order valence-corrected chi connectivity index (χ1v) is 21.2. The lowest BCUT2D eigenvalue weighted by molar-refractivity contribution is -0.870. The molecule has 0 aliphatic heterocycles. The smallest absolute Gasteiger partial charge is 0.457 e. The fraction of sp³-hybridized carbons (Fsp3) is 0.825. The molecule has 0 heterocycles. The average molecular weight is 715 g/mol. The van der Waals surface area contributed by atoms with Crippen LogP contribution >= 0.6 is 7.82 Å². The number of unbranched alkanes of at least 4 members (excludes halogenated alkanes) is 16. The lowest BCUT2D eigenvalue weighted by Crippen LogP contribution is -2.37. The number of esters is 1. The largest absolute Gasteiger partial charge is 0.472 e. The number of allylic oxidation sites excluding steroid dienone is 6. The molecule has 0 bridgehead atoms. The number of rotatable bonds is 36. The van der Waals surface area contributed by atoms with E-state index in [4.69, 9.17) is 18.5 Å². The second-order valence-corrected chi connectivity index (χ2v) is 15.8. The second kappa shape index (κ2) is 33.8. The number of hydrogen-bond donors (Lipinski definition) is 1. The van der Waals surface area contributed by atoms with E-state index in [1.54, 1.807) is 0 Å². The molecule has 2 unspecified atom stereocenters. The first kappa shape index (κ1) is 47.7. The Balaban J connectivity index is 4.32. The molecule has 288 valence electrons. The molecule has 49 heavy (non-hydrogen) atoms. The van der Waals surface area contributed by atoms with Gasteiger partial charge in [0.1, 0.15) is 19.3 Å². The molecule has 0 saturated heterocycles. The summed E-state index contributed by atoms with van der Waals surface area (Å²) < 4.78 is 34.8. The molecule has 0 rings (SSSR count). The van der Waals surface area contributed by atoms with Gasteiger partial charge in [0, 0.05) is 13.0 Å². The van der Waals surface area contributed by atoms with E-state index in [9.17, 15) is 14.3 Å². The van der Waals surface area contributed by atoms with Crippen LogP contribution in [0.1, 0.15) is 155 Å². The van der Waals surface area contributed by atoms with Crippen molar-refractivity contribution < 1.29 is 37.3 Å². The van der Waals surface area contributed by atoms with Gasteiger partial charge >= 0.3 is 13.8 Å². The Hall–Kier alpha value is -1.28. The summed E-state index contributed by atoms with van der Waals surface area (Å²) in [5.41, 5.74) is 0. The van der Waals surface area contributed by atoms with Gasteiger partial charge in [0.25, 0.3) is 0 Å². The molecule has 0 fully saturated rings. The van der Waals surface area contributed by atoms with Gasteiger partial charge in [-0.1, -0.05) is 121 Å². The first-order valence-electron chi connectivity index (χ1n) is 19.7. The minimum atomic E-state index is -4.27. The predicted octanol–water partition coefficient (Wildman–Crippen LogP) is 11.0. The van der Waals surface area contributed by atoms with E-state index in [2.05, 4.69) is 50.3 Å². The molecule has 0 amide bonds. The molecule has 0 aromatic heterocycles. The Bertz CT molecular complexity index is 884. The van der Waals surface area contributed by atoms with Crippen molar-refractivity contribution in [1.82, 2.24) is 0 Å². The fourth-order valence-electron chi connectivity index (χ4n) is 5.05. The Morgan fingerprint density at radius 2 is 1.16 bits per heavy atom. The van der Waals surface area contributed by atoms with Crippen molar-refractivity contribution in [2.45, 2.75) is 161 Å². The summed E-state index contributed by atoms with van der Waals surface area (Å²) in [5, 5.41) is 0. The number of likely N-dealkylation sites (N-methyl/N-ethyl adjacent to an activating group) is 1. The van der Waals surface area contributed by atoms with Gasteiger partial charge in [0.05, 0.1) is 34.4 Å². The predicted molar refractivity (Wildman–Crippen MR) is 206 cm³/mol. The van der Waals surface area contributed by atoms with Crippen LogP contribution in [0.25, 0.3) is 0 Å². The zero-order chi connectivity index (χ0) is 36.3. The van der Waals surface area contributed by atoms with Gasteiger partial charge < -0.3 is 18.9 Å². The number of carbonyl (C=O) groups is 1. The van der Waals surface area contributed by atoms with Gasteiger partial charge in [0.15, 0.2) is 0 Å². The van der Waals surface area contributed by atoms with Crippen LogP contribution in [-0.4, -0.2) is 75.6 Å². The summed E-state index contributed by atoms with van der Waals surface area (Å²) in [6.45, 7) is 5.51. The quantitative estimate of drug-likeness (QED) is 0.0227. The molecular weight excluding hydrogens is 637 g/mol. The molecule has 0 spiro atoms. The van der Waals surface area contributed by atoms with E-state index >= 15 is 0 Å². The molecule has 0 aliphatic rings. The van der Waals surface area contributed by atoms with E-state index in [0.717, 1.165) is 57.8 Å². The molecule has 0 aromatic carbocycles. The third-order valence-corrected chi connectivity index (χ3v) is 9.14. The molecule has 0 aromatic rings. The number of ether oxygens (including phenoxy) is 2. The monoisotopic (exact) mass is 715 g/mol. The van der Waals surface area contributed by atoms with Crippen LogP contribution in [0.5, 0.6) is 0 Å². The highest BCUT2D eigenvalue weighted by Gasteiger charge is 2.26. The minimum absolute atomic E-state index is 0.0840. The summed E-state index contributed by atoms with van der Waals surface area (Å²) >= 11 is 0. The second-order valence-electron chi connectivity index (χ2n) is 14.3. The van der Waals surface area contributed by atoms with E-state index in [-0.39, 0.29) is 25.8 Å². The Labute approximate surface area is 302 Å². The minimum Gasteiger partial charge on any atom is -0.457 e. The molecule has 0 radical (unpaired) electrons. The topological polar surface area (TPSA) is 91.3 Å². The lowest BCUT2D eigenvalue weighted by Gasteiger charge is -2.24. The molecule has 9 heteroatoms. The highest BCUT2D eigenvalue weighted by Crippen LogP contribution is 2.43. The number of hydrogen-bond acceptors (Lipinski definition) is 6. The molecule has 0 saturated carbocycles. The Kier molecular flexibility index (Phi) is 33.0. The number of phosphoric ester groups is 1. The summed E-state index contributed by atoms with van der Waals surface area (Å²) in [4.78, 5) is 22.8. The van der Waals surface area contributed by atoms with Crippen LogP contribution in [0.3, 0.4) is 0 Å². The van der Waals surface area contributed by atoms with Gasteiger partial charge in [0.2, 0.25) is 0 Å². The fourth-order valence-corrected chi connectivity index (χ4v) is 5.80. The molecule has 8 nitrogen and oxygen atoms in total. The van der Waals surface area contributed by atoms with Crippen molar-refractivity contribution in [3.63, 3.8) is 0 Å². The van der Waals surface area contributed by atoms with Gasteiger partial charge in [-0.3, -0.25) is 13.8 Å². The van der Waals surface area contributed by atoms with Gasteiger partial charge in [-0.2, -0.15) is 0 Å². The average Bonchev–Trinajstić information content (AvgIpc) is 3.04. The van der Waals surface area contributed by atoms with Crippen molar-refractivity contribution in [2.75, 3.05) is 54.1 Å². The van der Waals surface area contributed by atoms with Crippen molar-refractivity contribution >= 4 is 13.8 Å². The molecular formula is C40H77NO7P+. The summed E-state index contributed by atoms with van der Waals surface area (Å²) in [6, 6.07) is 0. The van der Waals surface area contributed by atoms with E-state index in [1.807, 2.05) is 21.1 Å². The van der Waals surface area contributed by atoms with Crippen molar-refractivity contribution in [3.05, 3.63) is 36.5 Å². The maximum Gasteiger partial charge on any atom is 0.472 e. The maximum atomic E-state index is 12.6. The number of carbonyl (C=O) groups excluding carboxylic acids is 1. The van der Waals surface area contributed by atoms with E-state index in [0.29, 0.717) is 24.1 Å². The van der Waals surface area contributed by atoms with Crippen LogP contribution < -0.4 is 0 Å². The normalized spacial score (nSPS) is 14.3. The Morgan fingerprint density at radius 1 is 0.633 bits per heavy atom. The molecule has 0 aliphatic carbocycles. The number of quaternary nitrogens is 1. The van der Waals surface area contributed by atoms with Crippen molar-refractivity contribution in [1.29, 1.82) is 0 Å². The van der Waals surface area contributed by atoms with Crippen molar-refractivity contribution in [2.24, 2.45) is 0 Å².